The lowest BCUT2D eigenvalue weighted by Gasteiger charge is -2.11. The van der Waals surface area contributed by atoms with E-state index >= 15 is 0 Å². The minimum absolute atomic E-state index is 0.0467. The van der Waals surface area contributed by atoms with Gasteiger partial charge in [-0.2, -0.15) is 0 Å². The van der Waals surface area contributed by atoms with Crippen LogP contribution >= 0.6 is 0 Å². The zero-order valence-electron chi connectivity index (χ0n) is 19.4. The van der Waals surface area contributed by atoms with Crippen LogP contribution in [-0.2, 0) is 11.4 Å². The molecule has 0 aliphatic carbocycles. The van der Waals surface area contributed by atoms with Gasteiger partial charge in [-0.15, -0.1) is 0 Å². The minimum Gasteiger partial charge on any atom is -0.497 e. The normalized spacial score (nSPS) is 11.2. The lowest BCUT2D eigenvalue weighted by atomic mass is 10.0. The van der Waals surface area contributed by atoms with Gasteiger partial charge < -0.3 is 19.9 Å². The molecular formula is C29H25NO5. The second-order valence-corrected chi connectivity index (χ2v) is 8.03. The average molecular weight is 468 g/mol. The molecule has 0 aliphatic heterocycles. The number of nitrogens with one attached hydrogen (secondary N) is 1. The second-order valence-electron chi connectivity index (χ2n) is 8.03. The number of fused-ring (bicyclic) bond motifs is 1. The summed E-state index contributed by atoms with van der Waals surface area (Å²) >= 11 is 0. The number of carboxylic acids is 1. The van der Waals surface area contributed by atoms with E-state index in [1.807, 2.05) is 73.7 Å². The Kier molecular flexibility index (Phi) is 7.12. The molecule has 35 heavy (non-hydrogen) atoms. The van der Waals surface area contributed by atoms with Crippen molar-refractivity contribution in [2.45, 2.75) is 13.5 Å². The highest BCUT2D eigenvalue weighted by Crippen LogP contribution is 2.26. The molecule has 4 aromatic carbocycles. The summed E-state index contributed by atoms with van der Waals surface area (Å²) in [5, 5.41) is 14.4. The summed E-state index contributed by atoms with van der Waals surface area (Å²) in [4.78, 5) is 24.5. The number of carbonyl (C=O) groups excluding carboxylic acids is 1. The van der Waals surface area contributed by atoms with E-state index in [0.29, 0.717) is 12.4 Å². The van der Waals surface area contributed by atoms with E-state index in [-0.39, 0.29) is 11.3 Å². The number of aromatic carboxylic acids is 1. The first kappa shape index (κ1) is 23.6. The van der Waals surface area contributed by atoms with Crippen LogP contribution in [0.3, 0.4) is 0 Å². The predicted molar refractivity (Wildman–Crippen MR) is 137 cm³/mol. The molecule has 0 radical (unpaired) electrons. The zero-order valence-corrected chi connectivity index (χ0v) is 19.4. The lowest BCUT2D eigenvalue weighted by Crippen LogP contribution is -2.13. The van der Waals surface area contributed by atoms with Crippen LogP contribution in [-0.4, -0.2) is 24.1 Å². The number of hydrogen-bond acceptors (Lipinski definition) is 4. The maximum Gasteiger partial charge on any atom is 0.337 e. The number of anilines is 1. The maximum atomic E-state index is 12.7. The van der Waals surface area contributed by atoms with Gasteiger partial charge in [-0.3, -0.25) is 4.79 Å². The summed E-state index contributed by atoms with van der Waals surface area (Å²) in [6.07, 6.45) is 1.45. The van der Waals surface area contributed by atoms with E-state index in [9.17, 15) is 14.7 Å². The summed E-state index contributed by atoms with van der Waals surface area (Å²) in [6.45, 7) is 2.15. The molecule has 4 aromatic rings. The van der Waals surface area contributed by atoms with Crippen LogP contribution in [0.5, 0.6) is 11.5 Å². The molecule has 0 aromatic heterocycles. The van der Waals surface area contributed by atoms with Gasteiger partial charge in [0, 0.05) is 6.08 Å². The highest BCUT2D eigenvalue weighted by Gasteiger charge is 2.14. The van der Waals surface area contributed by atoms with Crippen LogP contribution in [0.1, 0.15) is 28.4 Å². The molecule has 0 heterocycles. The van der Waals surface area contributed by atoms with Gasteiger partial charge in [0.25, 0.3) is 0 Å². The quantitative estimate of drug-likeness (QED) is 0.303. The third-order valence-corrected chi connectivity index (χ3v) is 5.58. The van der Waals surface area contributed by atoms with Crippen LogP contribution < -0.4 is 14.8 Å². The zero-order chi connectivity index (χ0) is 24.8. The highest BCUT2D eigenvalue weighted by atomic mass is 16.5. The molecule has 0 saturated carbocycles. The maximum absolute atomic E-state index is 12.7. The van der Waals surface area contributed by atoms with E-state index in [4.69, 9.17) is 9.47 Å². The molecule has 6 nitrogen and oxygen atoms in total. The number of allylic oxidation sites excluding steroid dienone is 1. The molecule has 6 heteroatoms. The number of benzene rings is 4. The van der Waals surface area contributed by atoms with E-state index in [1.54, 1.807) is 13.2 Å². The Morgan fingerprint density at radius 2 is 1.60 bits per heavy atom. The van der Waals surface area contributed by atoms with Gasteiger partial charge in [0.2, 0.25) is 5.91 Å². The SMILES string of the molecule is COc1ccc2cc(/C(C)=C/C(=O)Nc3ccc(OCc4ccccc4)cc3C(=O)O)ccc2c1. The lowest BCUT2D eigenvalue weighted by molar-refractivity contribution is -0.111. The first-order chi connectivity index (χ1) is 16.9. The standard InChI is InChI=1S/C29H25NO5/c1-19(21-8-9-23-16-24(34-2)11-10-22(23)15-21)14-28(31)30-27-13-12-25(17-26(27)29(32)33)35-18-20-6-4-3-5-7-20/h3-17H,18H2,1-2H3,(H,30,31)(H,32,33)/b19-14+. The summed E-state index contributed by atoms with van der Waals surface area (Å²) in [6, 6.07) is 25.9. The largest absolute Gasteiger partial charge is 0.497 e. The number of carboxylic acid groups (broad SMARTS) is 1. The minimum atomic E-state index is -1.16. The van der Waals surface area contributed by atoms with Gasteiger partial charge in [-0.25, -0.2) is 4.79 Å². The Labute approximate surface area is 203 Å². The number of ether oxygens (including phenoxy) is 2. The molecule has 0 spiro atoms. The van der Waals surface area contributed by atoms with Gasteiger partial charge in [-0.1, -0.05) is 48.5 Å². The van der Waals surface area contributed by atoms with Crippen molar-refractivity contribution < 1.29 is 24.2 Å². The van der Waals surface area contributed by atoms with Crippen molar-refractivity contribution in [3.63, 3.8) is 0 Å². The monoisotopic (exact) mass is 467 g/mol. The Balaban J connectivity index is 1.49. The molecular weight excluding hydrogens is 442 g/mol. The Bertz CT molecular complexity index is 1410. The van der Waals surface area contributed by atoms with Crippen LogP contribution in [0.4, 0.5) is 5.69 Å². The molecule has 0 unspecified atom stereocenters. The fourth-order valence-electron chi connectivity index (χ4n) is 3.68. The van der Waals surface area contributed by atoms with E-state index in [0.717, 1.165) is 33.2 Å². The van der Waals surface area contributed by atoms with Crippen LogP contribution in [0.25, 0.3) is 16.3 Å². The molecule has 2 N–H and O–H groups in total. The number of amides is 1. The summed E-state index contributed by atoms with van der Waals surface area (Å²) in [5.74, 6) is -0.389. The third kappa shape index (κ3) is 5.86. The van der Waals surface area contributed by atoms with E-state index < -0.39 is 11.9 Å². The number of carbonyl (C=O) groups is 2. The van der Waals surface area contributed by atoms with Crippen molar-refractivity contribution in [3.05, 3.63) is 108 Å². The first-order valence-corrected chi connectivity index (χ1v) is 11.0. The molecule has 0 aliphatic rings. The van der Waals surface area contributed by atoms with Gasteiger partial charge in [0.1, 0.15) is 18.1 Å². The summed E-state index contributed by atoms with van der Waals surface area (Å²) < 4.78 is 11.0. The molecule has 0 atom stereocenters. The van der Waals surface area contributed by atoms with Crippen molar-refractivity contribution in [2.24, 2.45) is 0 Å². The predicted octanol–water partition coefficient (Wildman–Crippen LogP) is 6.17. The highest BCUT2D eigenvalue weighted by molar-refractivity contribution is 6.07. The van der Waals surface area contributed by atoms with Gasteiger partial charge in [0.15, 0.2) is 0 Å². The molecule has 1 amide bonds. The van der Waals surface area contributed by atoms with Crippen LogP contribution in [0.15, 0.2) is 91.0 Å². The van der Waals surface area contributed by atoms with Crippen molar-refractivity contribution in [1.29, 1.82) is 0 Å². The van der Waals surface area contributed by atoms with Crippen molar-refractivity contribution >= 4 is 33.9 Å². The number of rotatable bonds is 8. The van der Waals surface area contributed by atoms with E-state index in [1.165, 1.54) is 18.2 Å². The van der Waals surface area contributed by atoms with Crippen molar-refractivity contribution in [1.82, 2.24) is 0 Å². The number of hydrogen-bond donors (Lipinski definition) is 2. The Morgan fingerprint density at radius 1 is 0.886 bits per heavy atom. The number of methoxy groups -OCH3 is 1. The third-order valence-electron chi connectivity index (χ3n) is 5.58. The molecule has 0 fully saturated rings. The average Bonchev–Trinajstić information content (AvgIpc) is 2.87. The van der Waals surface area contributed by atoms with Gasteiger partial charge in [0.05, 0.1) is 18.4 Å². The smallest absolute Gasteiger partial charge is 0.337 e. The van der Waals surface area contributed by atoms with E-state index in [2.05, 4.69) is 5.32 Å². The van der Waals surface area contributed by atoms with Gasteiger partial charge >= 0.3 is 5.97 Å². The fourth-order valence-corrected chi connectivity index (χ4v) is 3.68. The van der Waals surface area contributed by atoms with Crippen LogP contribution in [0, 0.1) is 0 Å². The molecule has 0 saturated heterocycles. The second kappa shape index (κ2) is 10.6. The van der Waals surface area contributed by atoms with Crippen molar-refractivity contribution in [3.8, 4) is 11.5 Å². The molecule has 4 rings (SSSR count). The summed E-state index contributed by atoms with van der Waals surface area (Å²) in [7, 11) is 1.63. The topological polar surface area (TPSA) is 84.9 Å². The first-order valence-electron chi connectivity index (χ1n) is 11.0. The fraction of sp³-hybridized carbons (Fsp3) is 0.103. The summed E-state index contributed by atoms with van der Waals surface area (Å²) in [5.41, 5.74) is 2.76. The van der Waals surface area contributed by atoms with Crippen LogP contribution in [0.2, 0.25) is 0 Å². The van der Waals surface area contributed by atoms with Crippen molar-refractivity contribution in [2.75, 3.05) is 12.4 Å². The Morgan fingerprint density at radius 3 is 2.34 bits per heavy atom. The Hall–Kier alpha value is -4.58. The molecule has 176 valence electrons. The molecule has 0 bridgehead atoms. The van der Waals surface area contributed by atoms with Gasteiger partial charge in [-0.05, 0) is 70.8 Å².